The van der Waals surface area contributed by atoms with Crippen LogP contribution in [0.25, 0.3) is 0 Å². The highest BCUT2D eigenvalue weighted by Crippen LogP contribution is 2.21. The summed E-state index contributed by atoms with van der Waals surface area (Å²) in [6, 6.07) is 0.970. The molecule has 52 valence electrons. The van der Waals surface area contributed by atoms with Crippen molar-refractivity contribution in [1.29, 1.82) is 0 Å². The lowest BCUT2D eigenvalue weighted by molar-refractivity contribution is 0.484. The fourth-order valence-corrected chi connectivity index (χ4v) is 1.05. The number of nitrogens with zero attached hydrogens (tertiary/aromatic N) is 2. The van der Waals surface area contributed by atoms with E-state index in [1.807, 2.05) is 0 Å². The van der Waals surface area contributed by atoms with Crippen LogP contribution in [0.5, 0.6) is 0 Å². The van der Waals surface area contributed by atoms with Crippen molar-refractivity contribution >= 4 is 0 Å². The lowest BCUT2D eigenvalue weighted by atomic mass is 10.0. The van der Waals surface area contributed by atoms with Crippen LogP contribution in [-0.2, 0) is 0 Å². The smallest absolute Gasteiger partial charge is 0.0752 e. The minimum Gasteiger partial charge on any atom is -0.191 e. The summed E-state index contributed by atoms with van der Waals surface area (Å²) in [5.41, 5.74) is 0. The van der Waals surface area contributed by atoms with Gasteiger partial charge in [0.05, 0.1) is 12.1 Å². The second kappa shape index (κ2) is 2.46. The molecule has 1 rings (SSSR count). The number of azo groups is 1. The van der Waals surface area contributed by atoms with E-state index in [-0.39, 0.29) is 0 Å². The zero-order valence-corrected chi connectivity index (χ0v) is 6.33. The molecular formula is C7H14N2. The zero-order chi connectivity index (χ0) is 6.85. The van der Waals surface area contributed by atoms with Gasteiger partial charge in [0.2, 0.25) is 0 Å². The minimum atomic E-state index is 0.470. The topological polar surface area (TPSA) is 24.7 Å². The maximum atomic E-state index is 4.14. The lowest BCUT2D eigenvalue weighted by Crippen LogP contribution is -2.11. The van der Waals surface area contributed by atoms with Crippen LogP contribution in [0.2, 0.25) is 0 Å². The summed E-state index contributed by atoms with van der Waals surface area (Å²) in [7, 11) is 0. The van der Waals surface area contributed by atoms with Crippen molar-refractivity contribution < 1.29 is 0 Å². The lowest BCUT2D eigenvalue weighted by Gasteiger charge is -2.08. The van der Waals surface area contributed by atoms with E-state index in [4.69, 9.17) is 0 Å². The molecule has 2 heteroatoms. The molecule has 1 heterocycles. The first kappa shape index (κ1) is 6.72. The third-order valence-corrected chi connectivity index (χ3v) is 1.76. The highest BCUT2D eigenvalue weighted by molar-refractivity contribution is 4.79. The molecule has 0 saturated carbocycles. The molecule has 1 aliphatic heterocycles. The molecule has 9 heavy (non-hydrogen) atoms. The summed E-state index contributed by atoms with van der Waals surface area (Å²) in [5, 5.41) is 8.20. The van der Waals surface area contributed by atoms with Crippen LogP contribution in [0.15, 0.2) is 10.2 Å². The van der Waals surface area contributed by atoms with Gasteiger partial charge >= 0.3 is 0 Å². The molecule has 0 bridgehead atoms. The number of hydrogen-bond acceptors (Lipinski definition) is 2. The van der Waals surface area contributed by atoms with Gasteiger partial charge in [0, 0.05) is 0 Å². The molecular weight excluding hydrogens is 112 g/mol. The molecule has 2 nitrogen and oxygen atoms in total. The maximum Gasteiger partial charge on any atom is 0.0752 e. The first-order chi connectivity index (χ1) is 4.20. The Bertz CT molecular complexity index is 118. The molecule has 0 radical (unpaired) electrons. The summed E-state index contributed by atoms with van der Waals surface area (Å²) in [6.07, 6.45) is 1.15. The van der Waals surface area contributed by atoms with Gasteiger partial charge < -0.3 is 0 Å². The monoisotopic (exact) mass is 126 g/mol. The molecule has 2 unspecified atom stereocenters. The Balaban J connectivity index is 2.41. The standard InChI is InChI=1S/C7H14N2/c1-5(2)7-4-6(3)8-9-7/h5-7H,4H2,1-3H3. The predicted octanol–water partition coefficient (Wildman–Crippen LogP) is 2.26. The first-order valence-corrected chi connectivity index (χ1v) is 3.60. The van der Waals surface area contributed by atoms with E-state index in [0.29, 0.717) is 18.0 Å². The summed E-state index contributed by atoms with van der Waals surface area (Å²) in [4.78, 5) is 0. The fourth-order valence-electron chi connectivity index (χ4n) is 1.05. The molecule has 0 fully saturated rings. The Morgan fingerprint density at radius 1 is 1.33 bits per heavy atom. The van der Waals surface area contributed by atoms with Crippen LogP contribution in [0.4, 0.5) is 0 Å². The van der Waals surface area contributed by atoms with Gasteiger partial charge in [-0.2, -0.15) is 10.2 Å². The normalized spacial score (nSPS) is 34.2. The van der Waals surface area contributed by atoms with Crippen LogP contribution in [0, 0.1) is 5.92 Å². The molecule has 0 aromatic rings. The quantitative estimate of drug-likeness (QED) is 0.515. The van der Waals surface area contributed by atoms with Gasteiger partial charge in [0.15, 0.2) is 0 Å². The number of hydrogen-bond donors (Lipinski definition) is 0. The maximum absolute atomic E-state index is 4.14. The van der Waals surface area contributed by atoms with Crippen LogP contribution < -0.4 is 0 Å². The Morgan fingerprint density at radius 3 is 2.22 bits per heavy atom. The highest BCUT2D eigenvalue weighted by atomic mass is 15.2. The second-order valence-electron chi connectivity index (χ2n) is 3.13. The van der Waals surface area contributed by atoms with E-state index in [1.165, 1.54) is 0 Å². The Labute approximate surface area is 56.4 Å². The third kappa shape index (κ3) is 1.50. The highest BCUT2D eigenvalue weighted by Gasteiger charge is 2.20. The van der Waals surface area contributed by atoms with E-state index in [1.54, 1.807) is 0 Å². The third-order valence-electron chi connectivity index (χ3n) is 1.76. The molecule has 0 saturated heterocycles. The van der Waals surface area contributed by atoms with Crippen molar-refractivity contribution in [3.05, 3.63) is 0 Å². The van der Waals surface area contributed by atoms with Gasteiger partial charge in [-0.05, 0) is 19.3 Å². The fraction of sp³-hybridized carbons (Fsp3) is 1.00. The van der Waals surface area contributed by atoms with E-state index >= 15 is 0 Å². The number of rotatable bonds is 1. The molecule has 0 aromatic heterocycles. The van der Waals surface area contributed by atoms with Crippen molar-refractivity contribution in [2.45, 2.75) is 39.3 Å². The molecule has 0 N–H and O–H groups in total. The van der Waals surface area contributed by atoms with Crippen molar-refractivity contribution in [2.24, 2.45) is 16.1 Å². The van der Waals surface area contributed by atoms with E-state index in [9.17, 15) is 0 Å². The van der Waals surface area contributed by atoms with Crippen LogP contribution in [-0.4, -0.2) is 12.1 Å². The summed E-state index contributed by atoms with van der Waals surface area (Å²) < 4.78 is 0. The van der Waals surface area contributed by atoms with Crippen LogP contribution in [0.3, 0.4) is 0 Å². The van der Waals surface area contributed by atoms with Gasteiger partial charge in [0.25, 0.3) is 0 Å². The zero-order valence-electron chi connectivity index (χ0n) is 6.33. The molecule has 2 atom stereocenters. The largest absolute Gasteiger partial charge is 0.191 e. The summed E-state index contributed by atoms with van der Waals surface area (Å²) in [5.74, 6) is 0.665. The molecule has 1 aliphatic rings. The van der Waals surface area contributed by atoms with Gasteiger partial charge in [-0.1, -0.05) is 13.8 Å². The first-order valence-electron chi connectivity index (χ1n) is 3.60. The van der Waals surface area contributed by atoms with Gasteiger partial charge in [-0.15, -0.1) is 0 Å². The Kier molecular flexibility index (Phi) is 1.84. The van der Waals surface area contributed by atoms with Crippen molar-refractivity contribution in [3.63, 3.8) is 0 Å². The van der Waals surface area contributed by atoms with E-state index in [2.05, 4.69) is 31.0 Å². The van der Waals surface area contributed by atoms with Crippen molar-refractivity contribution in [1.82, 2.24) is 0 Å². The molecule has 0 amide bonds. The van der Waals surface area contributed by atoms with Crippen molar-refractivity contribution in [2.75, 3.05) is 0 Å². The summed E-state index contributed by atoms with van der Waals surface area (Å²) >= 11 is 0. The van der Waals surface area contributed by atoms with E-state index in [0.717, 1.165) is 6.42 Å². The molecule has 0 aliphatic carbocycles. The second-order valence-corrected chi connectivity index (χ2v) is 3.13. The van der Waals surface area contributed by atoms with Crippen LogP contribution in [0.1, 0.15) is 27.2 Å². The Hall–Kier alpha value is -0.400. The average Bonchev–Trinajstić information content (AvgIpc) is 2.14. The van der Waals surface area contributed by atoms with Gasteiger partial charge in [-0.3, -0.25) is 0 Å². The van der Waals surface area contributed by atoms with Gasteiger partial charge in [0.1, 0.15) is 0 Å². The van der Waals surface area contributed by atoms with Crippen LogP contribution >= 0.6 is 0 Å². The summed E-state index contributed by atoms with van der Waals surface area (Å²) in [6.45, 7) is 6.51. The van der Waals surface area contributed by atoms with Gasteiger partial charge in [-0.25, -0.2) is 0 Å². The predicted molar refractivity (Wildman–Crippen MR) is 37.6 cm³/mol. The molecule has 0 spiro atoms. The average molecular weight is 126 g/mol. The molecule has 0 aromatic carbocycles. The Morgan fingerprint density at radius 2 is 2.00 bits per heavy atom. The minimum absolute atomic E-state index is 0.470. The SMILES string of the molecule is CC1CC(C(C)C)N=N1. The van der Waals surface area contributed by atoms with E-state index < -0.39 is 0 Å². The van der Waals surface area contributed by atoms with Crippen molar-refractivity contribution in [3.8, 4) is 0 Å².